The first-order valence-corrected chi connectivity index (χ1v) is 8.56. The van der Waals surface area contributed by atoms with Gasteiger partial charge in [0, 0.05) is 5.02 Å². The van der Waals surface area contributed by atoms with Crippen LogP contribution < -0.4 is 0 Å². The van der Waals surface area contributed by atoms with Gasteiger partial charge in [-0.05, 0) is 74.4 Å². The van der Waals surface area contributed by atoms with Gasteiger partial charge < -0.3 is 15.1 Å². The molecule has 0 aliphatic carbocycles. The summed E-state index contributed by atoms with van der Waals surface area (Å²) in [5, 5.41) is 31.0. The first-order valence-electron chi connectivity index (χ1n) is 8.18. The number of halogens is 1. The quantitative estimate of drug-likeness (QED) is 0.797. The van der Waals surface area contributed by atoms with Crippen LogP contribution in [0, 0.1) is 11.3 Å². The summed E-state index contributed by atoms with van der Waals surface area (Å²) in [6.45, 7) is 0.592. The largest absolute Gasteiger partial charge is 0.392 e. The summed E-state index contributed by atoms with van der Waals surface area (Å²) < 4.78 is 0. The zero-order chi connectivity index (χ0) is 18.4. The molecule has 5 heteroatoms. The average molecular weight is 359 g/mol. The molecule has 2 N–H and O–H groups in total. The molecule has 0 heterocycles. The van der Waals surface area contributed by atoms with Crippen molar-refractivity contribution in [3.8, 4) is 6.07 Å². The van der Waals surface area contributed by atoms with E-state index in [9.17, 15) is 10.2 Å². The number of aliphatic hydroxyl groups is 2. The Labute approximate surface area is 153 Å². The summed E-state index contributed by atoms with van der Waals surface area (Å²) in [4.78, 5) is 2.06. The van der Waals surface area contributed by atoms with Crippen LogP contribution in [0.3, 0.4) is 0 Å². The van der Waals surface area contributed by atoms with E-state index in [2.05, 4.69) is 11.0 Å². The van der Waals surface area contributed by atoms with Gasteiger partial charge in [-0.3, -0.25) is 0 Å². The van der Waals surface area contributed by atoms with Crippen molar-refractivity contribution in [2.45, 2.75) is 25.0 Å². The fourth-order valence-corrected chi connectivity index (χ4v) is 3.13. The number of nitriles is 1. The highest BCUT2D eigenvalue weighted by atomic mass is 35.5. The van der Waals surface area contributed by atoms with Gasteiger partial charge in [-0.15, -0.1) is 0 Å². The van der Waals surface area contributed by atoms with Crippen LogP contribution in [0.25, 0.3) is 0 Å². The van der Waals surface area contributed by atoms with Crippen molar-refractivity contribution in [3.05, 3.63) is 69.7 Å². The van der Waals surface area contributed by atoms with Gasteiger partial charge in [0.25, 0.3) is 0 Å². The van der Waals surface area contributed by atoms with Gasteiger partial charge in [0.2, 0.25) is 0 Å². The Morgan fingerprint density at radius 1 is 1.16 bits per heavy atom. The maximum atomic E-state index is 11.6. The van der Waals surface area contributed by atoms with Crippen molar-refractivity contribution in [3.63, 3.8) is 0 Å². The lowest BCUT2D eigenvalue weighted by atomic mass is 9.80. The first kappa shape index (κ1) is 19.4. The van der Waals surface area contributed by atoms with Crippen LogP contribution in [0.4, 0.5) is 0 Å². The fraction of sp³-hybridized carbons (Fsp3) is 0.350. The van der Waals surface area contributed by atoms with E-state index in [1.54, 1.807) is 42.5 Å². The Balaban J connectivity index is 2.51. The molecule has 1 atom stereocenters. The lowest BCUT2D eigenvalue weighted by Gasteiger charge is -2.32. The first-order chi connectivity index (χ1) is 11.9. The summed E-state index contributed by atoms with van der Waals surface area (Å²) in [7, 11) is 3.98. The molecule has 2 rings (SSSR count). The molecule has 0 bridgehead atoms. The molecule has 2 aromatic carbocycles. The van der Waals surface area contributed by atoms with Gasteiger partial charge in [-0.2, -0.15) is 5.26 Å². The van der Waals surface area contributed by atoms with E-state index >= 15 is 0 Å². The molecule has 0 aliphatic heterocycles. The molecular formula is C20H23ClN2O2. The average Bonchev–Trinajstić information content (AvgIpc) is 2.61. The van der Waals surface area contributed by atoms with Crippen molar-refractivity contribution in [1.29, 1.82) is 5.26 Å². The number of rotatable bonds is 7. The normalized spacial score (nSPS) is 13.5. The second kappa shape index (κ2) is 8.46. The number of nitrogens with zero attached hydrogens (tertiary/aromatic N) is 2. The van der Waals surface area contributed by atoms with Crippen LogP contribution in [0.5, 0.6) is 0 Å². The predicted molar refractivity (Wildman–Crippen MR) is 99.3 cm³/mol. The Bertz CT molecular complexity index is 753. The van der Waals surface area contributed by atoms with Gasteiger partial charge in [0.1, 0.15) is 5.60 Å². The van der Waals surface area contributed by atoms with Crippen molar-refractivity contribution >= 4 is 11.6 Å². The zero-order valence-electron chi connectivity index (χ0n) is 14.5. The molecule has 0 amide bonds. The fourth-order valence-electron chi connectivity index (χ4n) is 3.01. The molecule has 0 radical (unpaired) electrons. The monoisotopic (exact) mass is 358 g/mol. The third-order valence-corrected chi connectivity index (χ3v) is 4.57. The van der Waals surface area contributed by atoms with Gasteiger partial charge in [0.15, 0.2) is 0 Å². The molecule has 0 saturated carbocycles. The van der Waals surface area contributed by atoms with Crippen LogP contribution in [-0.4, -0.2) is 35.8 Å². The molecule has 4 nitrogen and oxygen atoms in total. The Morgan fingerprint density at radius 2 is 1.84 bits per heavy atom. The van der Waals surface area contributed by atoms with Crippen LogP contribution in [0.2, 0.25) is 5.02 Å². The molecule has 0 aromatic heterocycles. The Hall–Kier alpha value is -1.90. The number of benzene rings is 2. The van der Waals surface area contributed by atoms with Crippen LogP contribution in [-0.2, 0) is 12.2 Å². The standard InChI is InChI=1S/C20H23ClN2O2/c1-23(2)11-3-10-20(25,17-5-7-18(21)8-6-17)19-9-4-15(13-22)12-16(19)14-24/h4-9,12,24-25H,3,10-11,14H2,1-2H3. The lowest BCUT2D eigenvalue weighted by Crippen LogP contribution is -2.30. The topological polar surface area (TPSA) is 67.5 Å². The van der Waals surface area contributed by atoms with Crippen LogP contribution >= 0.6 is 11.6 Å². The summed E-state index contributed by atoms with van der Waals surface area (Å²) in [5.74, 6) is 0. The van der Waals surface area contributed by atoms with E-state index in [1.807, 2.05) is 14.1 Å². The van der Waals surface area contributed by atoms with E-state index in [-0.39, 0.29) is 6.61 Å². The van der Waals surface area contributed by atoms with E-state index in [4.69, 9.17) is 16.9 Å². The van der Waals surface area contributed by atoms with Gasteiger partial charge in [-0.1, -0.05) is 29.8 Å². The maximum Gasteiger partial charge on any atom is 0.115 e. The highest BCUT2D eigenvalue weighted by molar-refractivity contribution is 6.30. The molecule has 0 aliphatic rings. The van der Waals surface area contributed by atoms with Crippen molar-refractivity contribution < 1.29 is 10.2 Å². The SMILES string of the molecule is CN(C)CCCC(O)(c1ccc(Cl)cc1)c1ccc(C#N)cc1CO. The second-order valence-electron chi connectivity index (χ2n) is 6.42. The summed E-state index contributed by atoms with van der Waals surface area (Å²) in [6, 6.07) is 14.2. The third-order valence-electron chi connectivity index (χ3n) is 4.32. The van der Waals surface area contributed by atoms with Crippen molar-refractivity contribution in [1.82, 2.24) is 4.90 Å². The summed E-state index contributed by atoms with van der Waals surface area (Å²) in [6.07, 6.45) is 1.27. The van der Waals surface area contributed by atoms with E-state index < -0.39 is 5.60 Å². The minimum Gasteiger partial charge on any atom is -0.392 e. The predicted octanol–water partition coefficient (Wildman–Crippen LogP) is 3.28. The van der Waals surface area contributed by atoms with E-state index in [1.165, 1.54) is 0 Å². The van der Waals surface area contributed by atoms with Crippen LogP contribution in [0.15, 0.2) is 42.5 Å². The third kappa shape index (κ3) is 4.59. The molecule has 132 valence electrons. The van der Waals surface area contributed by atoms with Crippen molar-refractivity contribution in [2.24, 2.45) is 0 Å². The molecule has 2 aromatic rings. The zero-order valence-corrected chi connectivity index (χ0v) is 15.3. The summed E-state index contributed by atoms with van der Waals surface area (Å²) >= 11 is 5.99. The molecule has 0 fully saturated rings. The Kier molecular flexibility index (Phi) is 6.57. The second-order valence-corrected chi connectivity index (χ2v) is 6.85. The number of hydrogen-bond acceptors (Lipinski definition) is 4. The molecule has 1 unspecified atom stereocenters. The highest BCUT2D eigenvalue weighted by Crippen LogP contribution is 2.37. The van der Waals surface area contributed by atoms with Gasteiger partial charge in [0.05, 0.1) is 18.2 Å². The Morgan fingerprint density at radius 3 is 2.40 bits per heavy atom. The van der Waals surface area contributed by atoms with E-state index in [0.717, 1.165) is 18.5 Å². The van der Waals surface area contributed by atoms with E-state index in [0.29, 0.717) is 28.1 Å². The number of aliphatic hydroxyl groups excluding tert-OH is 1. The lowest BCUT2D eigenvalue weighted by molar-refractivity contribution is 0.0641. The molecule has 0 spiro atoms. The van der Waals surface area contributed by atoms with Gasteiger partial charge >= 0.3 is 0 Å². The van der Waals surface area contributed by atoms with Crippen molar-refractivity contribution in [2.75, 3.05) is 20.6 Å². The highest BCUT2D eigenvalue weighted by Gasteiger charge is 2.33. The minimum absolute atomic E-state index is 0.242. The molecular weight excluding hydrogens is 336 g/mol. The smallest absolute Gasteiger partial charge is 0.115 e. The minimum atomic E-state index is -1.26. The molecule has 25 heavy (non-hydrogen) atoms. The maximum absolute atomic E-state index is 11.6. The molecule has 0 saturated heterocycles. The number of hydrogen-bond donors (Lipinski definition) is 2. The summed E-state index contributed by atoms with van der Waals surface area (Å²) in [5.41, 5.74) is 1.10. The van der Waals surface area contributed by atoms with Crippen LogP contribution in [0.1, 0.15) is 35.1 Å². The van der Waals surface area contributed by atoms with Gasteiger partial charge in [-0.25, -0.2) is 0 Å².